The normalized spacial score (nSPS) is 12.6. The quantitative estimate of drug-likeness (QED) is 0.630. The molecule has 78 valence electrons. The van der Waals surface area contributed by atoms with Gasteiger partial charge in [0.2, 0.25) is 5.91 Å². The predicted octanol–water partition coefficient (Wildman–Crippen LogP) is 1.10. The van der Waals surface area contributed by atoms with Crippen LogP contribution in [0, 0.1) is 5.92 Å². The Kier molecular flexibility index (Phi) is 6.59. The third-order valence-corrected chi connectivity index (χ3v) is 2.33. The first-order valence-corrected chi connectivity index (χ1v) is 5.03. The van der Waals surface area contributed by atoms with E-state index in [2.05, 4.69) is 5.32 Å². The molecule has 0 aliphatic heterocycles. The van der Waals surface area contributed by atoms with E-state index in [1.807, 2.05) is 32.8 Å². The summed E-state index contributed by atoms with van der Waals surface area (Å²) in [6, 6.07) is 0. The molecule has 1 unspecified atom stereocenters. The van der Waals surface area contributed by atoms with E-state index < -0.39 is 0 Å². The smallest absolute Gasteiger partial charge is 0.225 e. The summed E-state index contributed by atoms with van der Waals surface area (Å²) in [5.74, 6) is 0.429. The number of carbonyl (C=O) groups excluding carboxylic acids is 1. The van der Waals surface area contributed by atoms with Crippen molar-refractivity contribution >= 4 is 5.91 Å². The molecule has 13 heavy (non-hydrogen) atoms. The van der Waals surface area contributed by atoms with Gasteiger partial charge in [0.15, 0.2) is 0 Å². The molecule has 0 bridgehead atoms. The van der Waals surface area contributed by atoms with Gasteiger partial charge in [0.1, 0.15) is 0 Å². The number of nitrogens with one attached hydrogen (secondary N) is 1. The Bertz CT molecular complexity index is 148. The summed E-state index contributed by atoms with van der Waals surface area (Å²) >= 11 is 0. The molecule has 0 radical (unpaired) electrons. The Morgan fingerprint density at radius 2 is 2.15 bits per heavy atom. The summed E-state index contributed by atoms with van der Waals surface area (Å²) in [6.45, 7) is 5.85. The van der Waals surface area contributed by atoms with Gasteiger partial charge < -0.3 is 10.2 Å². The summed E-state index contributed by atoms with van der Waals surface area (Å²) in [5, 5.41) is 3.07. The zero-order valence-corrected chi connectivity index (χ0v) is 9.26. The maximum Gasteiger partial charge on any atom is 0.225 e. The molecule has 0 saturated heterocycles. The molecule has 1 amide bonds. The van der Waals surface area contributed by atoms with Crippen molar-refractivity contribution in [1.29, 1.82) is 0 Å². The van der Waals surface area contributed by atoms with Crippen LogP contribution < -0.4 is 5.32 Å². The monoisotopic (exact) mass is 186 g/mol. The van der Waals surface area contributed by atoms with Crippen LogP contribution in [0.2, 0.25) is 0 Å². The van der Waals surface area contributed by atoms with E-state index in [1.54, 1.807) is 0 Å². The number of nitrogens with zero attached hydrogens (tertiary/aromatic N) is 1. The van der Waals surface area contributed by atoms with Gasteiger partial charge in [-0.3, -0.25) is 4.79 Å². The molecule has 0 aliphatic rings. The molecule has 0 fully saturated rings. The maximum absolute atomic E-state index is 11.6. The third-order valence-electron chi connectivity index (χ3n) is 2.33. The van der Waals surface area contributed by atoms with Crippen LogP contribution in [0.15, 0.2) is 0 Å². The molecular formula is C10H22N2O. The molecule has 1 N–H and O–H groups in total. The molecule has 0 aromatic heterocycles. The SMILES string of the molecule is CCC(C)C(=O)N(C)CCCNC. The minimum Gasteiger partial charge on any atom is -0.345 e. The van der Waals surface area contributed by atoms with Gasteiger partial charge in [0.05, 0.1) is 0 Å². The van der Waals surface area contributed by atoms with Crippen molar-refractivity contribution in [2.45, 2.75) is 26.7 Å². The van der Waals surface area contributed by atoms with Gasteiger partial charge in [-0.25, -0.2) is 0 Å². The van der Waals surface area contributed by atoms with Crippen LogP contribution in [0.25, 0.3) is 0 Å². The van der Waals surface area contributed by atoms with E-state index in [-0.39, 0.29) is 11.8 Å². The number of hydrogen-bond donors (Lipinski definition) is 1. The Morgan fingerprint density at radius 3 is 2.62 bits per heavy atom. The zero-order chi connectivity index (χ0) is 10.3. The van der Waals surface area contributed by atoms with Gasteiger partial charge in [-0.1, -0.05) is 13.8 Å². The largest absolute Gasteiger partial charge is 0.345 e. The van der Waals surface area contributed by atoms with Crippen LogP contribution in [-0.2, 0) is 4.79 Å². The van der Waals surface area contributed by atoms with E-state index >= 15 is 0 Å². The van der Waals surface area contributed by atoms with Gasteiger partial charge in [-0.2, -0.15) is 0 Å². The highest BCUT2D eigenvalue weighted by Gasteiger charge is 2.14. The maximum atomic E-state index is 11.6. The van der Waals surface area contributed by atoms with E-state index in [9.17, 15) is 4.79 Å². The molecular weight excluding hydrogens is 164 g/mol. The first-order valence-electron chi connectivity index (χ1n) is 5.03. The van der Waals surface area contributed by atoms with E-state index in [1.165, 1.54) is 0 Å². The van der Waals surface area contributed by atoms with Gasteiger partial charge in [0.25, 0.3) is 0 Å². The fourth-order valence-corrected chi connectivity index (χ4v) is 1.15. The lowest BCUT2D eigenvalue weighted by Crippen LogP contribution is -2.33. The standard InChI is InChI=1S/C10H22N2O/c1-5-9(2)10(13)12(4)8-6-7-11-3/h9,11H,5-8H2,1-4H3. The van der Waals surface area contributed by atoms with Crippen LogP contribution in [-0.4, -0.2) is 38.0 Å². The first-order chi connectivity index (χ1) is 6.13. The average Bonchev–Trinajstić information content (AvgIpc) is 2.15. The number of amides is 1. The van der Waals surface area contributed by atoms with Gasteiger partial charge in [-0.15, -0.1) is 0 Å². The van der Waals surface area contributed by atoms with Crippen LogP contribution in [0.4, 0.5) is 0 Å². The van der Waals surface area contributed by atoms with Crippen molar-refractivity contribution in [2.24, 2.45) is 5.92 Å². The van der Waals surface area contributed by atoms with Gasteiger partial charge >= 0.3 is 0 Å². The first kappa shape index (κ1) is 12.4. The third kappa shape index (κ3) is 4.88. The lowest BCUT2D eigenvalue weighted by atomic mass is 10.1. The minimum atomic E-state index is 0.166. The van der Waals surface area contributed by atoms with Crippen LogP contribution in [0.5, 0.6) is 0 Å². The molecule has 0 aliphatic carbocycles. The summed E-state index contributed by atoms with van der Waals surface area (Å²) in [6.07, 6.45) is 1.95. The average molecular weight is 186 g/mol. The summed E-state index contributed by atoms with van der Waals surface area (Å²) in [4.78, 5) is 13.4. The molecule has 0 aromatic rings. The van der Waals surface area contributed by atoms with Crippen molar-refractivity contribution in [3.63, 3.8) is 0 Å². The molecule has 0 spiro atoms. The molecule has 0 saturated carbocycles. The van der Waals surface area contributed by atoms with Gasteiger partial charge in [-0.05, 0) is 26.4 Å². The summed E-state index contributed by atoms with van der Waals surface area (Å²) in [7, 11) is 3.81. The summed E-state index contributed by atoms with van der Waals surface area (Å²) in [5.41, 5.74) is 0. The molecule has 0 heterocycles. The fraction of sp³-hybridized carbons (Fsp3) is 0.900. The Balaban J connectivity index is 3.69. The van der Waals surface area contributed by atoms with Crippen LogP contribution in [0.3, 0.4) is 0 Å². The van der Waals surface area contributed by atoms with Crippen molar-refractivity contribution in [2.75, 3.05) is 27.2 Å². The predicted molar refractivity (Wildman–Crippen MR) is 55.6 cm³/mol. The Morgan fingerprint density at radius 1 is 1.54 bits per heavy atom. The molecule has 1 atom stereocenters. The van der Waals surface area contributed by atoms with E-state index in [0.29, 0.717) is 0 Å². The fourth-order valence-electron chi connectivity index (χ4n) is 1.15. The molecule has 3 nitrogen and oxygen atoms in total. The zero-order valence-electron chi connectivity index (χ0n) is 9.26. The number of carbonyl (C=O) groups is 1. The van der Waals surface area contributed by atoms with Crippen LogP contribution >= 0.6 is 0 Å². The van der Waals surface area contributed by atoms with Crippen LogP contribution in [0.1, 0.15) is 26.7 Å². The minimum absolute atomic E-state index is 0.166. The lowest BCUT2D eigenvalue weighted by molar-refractivity contribution is -0.133. The highest BCUT2D eigenvalue weighted by atomic mass is 16.2. The molecule has 0 aromatic carbocycles. The number of rotatable bonds is 6. The second-order valence-corrected chi connectivity index (χ2v) is 3.53. The number of hydrogen-bond acceptors (Lipinski definition) is 2. The van der Waals surface area contributed by atoms with E-state index in [4.69, 9.17) is 0 Å². The van der Waals surface area contributed by atoms with Crippen molar-refractivity contribution in [3.05, 3.63) is 0 Å². The van der Waals surface area contributed by atoms with Gasteiger partial charge in [0, 0.05) is 19.5 Å². The Hall–Kier alpha value is -0.570. The van der Waals surface area contributed by atoms with Crippen molar-refractivity contribution < 1.29 is 4.79 Å². The highest BCUT2D eigenvalue weighted by Crippen LogP contribution is 2.04. The topological polar surface area (TPSA) is 32.3 Å². The van der Waals surface area contributed by atoms with E-state index in [0.717, 1.165) is 25.9 Å². The Labute approximate surface area is 81.5 Å². The van der Waals surface area contributed by atoms with Crippen molar-refractivity contribution in [3.8, 4) is 0 Å². The second kappa shape index (κ2) is 6.89. The van der Waals surface area contributed by atoms with Crippen molar-refractivity contribution in [1.82, 2.24) is 10.2 Å². The lowest BCUT2D eigenvalue weighted by Gasteiger charge is -2.20. The summed E-state index contributed by atoms with van der Waals surface area (Å²) < 4.78 is 0. The highest BCUT2D eigenvalue weighted by molar-refractivity contribution is 5.78. The molecule has 0 rings (SSSR count). The molecule has 3 heteroatoms. The second-order valence-electron chi connectivity index (χ2n) is 3.53.